The minimum Gasteiger partial charge on any atom is -0.444 e. The molecule has 7 N–H and O–H groups in total. The number of benzene rings is 6. The van der Waals surface area contributed by atoms with E-state index in [-0.39, 0.29) is 60.7 Å². The van der Waals surface area contributed by atoms with Crippen molar-refractivity contribution in [2.24, 2.45) is 14.1 Å². The van der Waals surface area contributed by atoms with E-state index in [0.717, 1.165) is 45.6 Å². The molecule has 6 heterocycles. The Kier molecular flexibility index (Phi) is 21.9. The number of fused-ring (bicyclic) bond motifs is 2. The van der Waals surface area contributed by atoms with E-state index in [1.165, 1.54) is 21.5 Å². The summed E-state index contributed by atoms with van der Waals surface area (Å²) in [4.78, 5) is 91.7. The van der Waals surface area contributed by atoms with Gasteiger partial charge in [0.05, 0.1) is 30.3 Å². The molecule has 0 spiro atoms. The van der Waals surface area contributed by atoms with Gasteiger partial charge < -0.3 is 59.5 Å². The van der Waals surface area contributed by atoms with E-state index in [4.69, 9.17) is 26.8 Å². The number of aliphatic hydroxyl groups excluding tert-OH is 2. The fourth-order valence-corrected chi connectivity index (χ4v) is 11.5. The van der Waals surface area contributed by atoms with Crippen LogP contribution in [0.2, 0.25) is 5.15 Å². The maximum Gasteiger partial charge on any atom is 0.411 e. The fourth-order valence-electron chi connectivity index (χ4n) is 11.3. The Morgan fingerprint density at radius 3 is 1.47 bits per heavy atom. The summed E-state index contributed by atoms with van der Waals surface area (Å²) >= 11 is 5.70. The minimum atomic E-state index is -0.626. The molecule has 12 rings (SSSR count). The van der Waals surface area contributed by atoms with Gasteiger partial charge in [0.25, 0.3) is 22.9 Å². The number of carbonyl (C=O) groups excluding carboxylic acids is 4. The van der Waals surface area contributed by atoms with Crippen LogP contribution in [-0.4, -0.2) is 94.6 Å². The summed E-state index contributed by atoms with van der Waals surface area (Å²) in [5.41, 5.74) is 19.2. The monoisotopic (exact) mass is 1320 g/mol. The number of aliphatic hydroxyl groups is 2. The molecule has 97 heavy (non-hydrogen) atoms. The number of amides is 4. The fraction of sp³-hybridized carbons (Fsp3) is 0.189. The van der Waals surface area contributed by atoms with Gasteiger partial charge in [-0.05, 0) is 125 Å². The number of hydrogen-bond acceptors (Lipinski definition) is 16. The van der Waals surface area contributed by atoms with Crippen molar-refractivity contribution in [2.45, 2.75) is 39.3 Å². The molecule has 2 aliphatic rings. The molecule has 0 bridgehead atoms. The van der Waals surface area contributed by atoms with Crippen molar-refractivity contribution in [3.63, 3.8) is 0 Å². The number of aryl methyl sites for hydroxylation is 2. The molecule has 4 amide bonds. The van der Waals surface area contributed by atoms with E-state index in [2.05, 4.69) is 32.0 Å². The summed E-state index contributed by atoms with van der Waals surface area (Å²) in [6.45, 7) is 0.780. The molecule has 496 valence electrons. The lowest BCUT2D eigenvalue weighted by molar-refractivity contribution is 0.0972. The lowest BCUT2D eigenvalue weighted by Crippen LogP contribution is -2.38. The SMILES string of the molecule is CN(C)c1ccc2c(c1)CCN(c1cccc(-c3cc(N)c(=O)n(C)c3)c1CO)C2=O.CN(C)c1ccc2c(c1)CCN(c1cccc(-c3cc(Nc4cc(NC(=O)OCc5ccccc5)ccn4)c(=O)n(C)c3)c1CO)C2=O.O=C(Nc1ccnc(Cl)c1)OCc1ccccc1. The van der Waals surface area contributed by atoms with Crippen LogP contribution in [0.15, 0.2) is 204 Å². The van der Waals surface area contributed by atoms with E-state index < -0.39 is 12.2 Å². The maximum atomic E-state index is 13.7. The summed E-state index contributed by atoms with van der Waals surface area (Å²) in [6.07, 6.45) is 6.65. The van der Waals surface area contributed by atoms with Gasteiger partial charge in [-0.1, -0.05) is 96.5 Å². The number of nitrogens with two attached hydrogens (primary N) is 1. The maximum absolute atomic E-state index is 13.7. The minimum absolute atomic E-state index is 0.0848. The first-order valence-corrected chi connectivity index (χ1v) is 31.3. The molecule has 4 aromatic heterocycles. The summed E-state index contributed by atoms with van der Waals surface area (Å²) in [5.74, 6) is 0.120. The second-order valence-electron chi connectivity index (χ2n) is 23.3. The topological polar surface area (TPSA) is 272 Å². The number of ether oxygens (including phenoxy) is 2. The molecule has 0 radical (unpaired) electrons. The summed E-state index contributed by atoms with van der Waals surface area (Å²) in [5, 5.41) is 29.5. The van der Waals surface area contributed by atoms with Gasteiger partial charge in [0, 0.05) is 142 Å². The Balaban J connectivity index is 0.000000177. The standard InChI is InChI=1S/C37H36N6O5.C24H26N4O3.C13H11ClN2O2/c1-41(2)28-12-13-30-25(18-28)15-17-43(35(30)45)33-11-7-10-29(31(33)22-44)26-19-32(36(46)42(3)21-26)40-34-20-27(14-16-38-34)39-37(47)48-23-24-8-5-4-6-9-24;1-26(2)17-7-8-19-15(11-17)9-10-28(23(19)30)22-6-4-5-18(20(22)14-29)16-12-21(25)24(31)27(3)13-16;14-12-8-11(6-7-15-12)16-13(17)18-9-10-4-2-1-3-5-10/h4-14,16,18-21,44H,15,17,22-23H2,1-3H3,(H2,38,39,40,47);4-8,11-13,29H,9-10,14,25H2,1-3H3;1-8H,9H2,(H,15,16,17). The van der Waals surface area contributed by atoms with Crippen molar-refractivity contribution in [2.75, 3.05) is 82.6 Å². The molecular weight excluding hydrogens is 1250 g/mol. The predicted octanol–water partition coefficient (Wildman–Crippen LogP) is 11.6. The van der Waals surface area contributed by atoms with Crippen molar-refractivity contribution < 1.29 is 38.9 Å². The van der Waals surface area contributed by atoms with Gasteiger partial charge >= 0.3 is 12.2 Å². The first-order valence-electron chi connectivity index (χ1n) is 30.9. The molecule has 10 aromatic rings. The second kappa shape index (κ2) is 31.1. The van der Waals surface area contributed by atoms with Crippen LogP contribution in [0.5, 0.6) is 0 Å². The van der Waals surface area contributed by atoms with Crippen LogP contribution in [0.3, 0.4) is 0 Å². The highest BCUT2D eigenvalue weighted by Crippen LogP contribution is 2.38. The summed E-state index contributed by atoms with van der Waals surface area (Å²) in [7, 11) is 11.2. The molecule has 0 unspecified atom stereocenters. The van der Waals surface area contributed by atoms with E-state index in [0.29, 0.717) is 92.2 Å². The molecule has 22 nitrogen and oxygen atoms in total. The van der Waals surface area contributed by atoms with E-state index >= 15 is 0 Å². The van der Waals surface area contributed by atoms with Crippen LogP contribution in [0, 0.1) is 0 Å². The largest absolute Gasteiger partial charge is 0.444 e. The summed E-state index contributed by atoms with van der Waals surface area (Å²) < 4.78 is 13.2. The molecule has 2 aliphatic heterocycles. The zero-order chi connectivity index (χ0) is 68.9. The van der Waals surface area contributed by atoms with E-state index in [1.807, 2.05) is 165 Å². The molecular formula is C74H73ClN12O10. The third kappa shape index (κ3) is 16.5. The zero-order valence-corrected chi connectivity index (χ0v) is 55.1. The van der Waals surface area contributed by atoms with Crippen LogP contribution in [0.25, 0.3) is 22.3 Å². The van der Waals surface area contributed by atoms with Gasteiger partial charge in [-0.3, -0.25) is 29.8 Å². The highest BCUT2D eigenvalue weighted by atomic mass is 35.5. The van der Waals surface area contributed by atoms with Crippen molar-refractivity contribution in [3.05, 3.63) is 265 Å². The van der Waals surface area contributed by atoms with E-state index in [1.54, 1.807) is 72.7 Å². The second-order valence-corrected chi connectivity index (χ2v) is 23.6. The van der Waals surface area contributed by atoms with Crippen molar-refractivity contribution in [1.29, 1.82) is 0 Å². The Bertz CT molecular complexity index is 4630. The normalized spacial score (nSPS) is 12.2. The van der Waals surface area contributed by atoms with Crippen LogP contribution in [-0.2, 0) is 62.8 Å². The van der Waals surface area contributed by atoms with Crippen molar-refractivity contribution in [3.8, 4) is 22.3 Å². The lowest BCUT2D eigenvalue weighted by Gasteiger charge is -2.31. The molecule has 0 saturated heterocycles. The third-order valence-electron chi connectivity index (χ3n) is 16.3. The van der Waals surface area contributed by atoms with Gasteiger partial charge in [-0.15, -0.1) is 0 Å². The van der Waals surface area contributed by atoms with E-state index in [9.17, 15) is 39.0 Å². The van der Waals surface area contributed by atoms with Crippen LogP contribution in [0.1, 0.15) is 54.1 Å². The van der Waals surface area contributed by atoms with Crippen LogP contribution < -0.4 is 52.4 Å². The molecule has 0 atom stereocenters. The molecule has 23 heteroatoms. The van der Waals surface area contributed by atoms with Gasteiger partial charge in [0.2, 0.25) is 0 Å². The number of pyridine rings is 4. The number of anilines is 9. The Morgan fingerprint density at radius 1 is 0.546 bits per heavy atom. The number of nitrogens with one attached hydrogen (secondary N) is 3. The number of rotatable bonds is 16. The predicted molar refractivity (Wildman–Crippen MR) is 380 cm³/mol. The van der Waals surface area contributed by atoms with Crippen molar-refractivity contribution >= 4 is 86.9 Å². The first-order chi connectivity index (χ1) is 46.8. The van der Waals surface area contributed by atoms with Gasteiger partial charge in [-0.25, -0.2) is 19.6 Å². The first kappa shape index (κ1) is 68.3. The summed E-state index contributed by atoms with van der Waals surface area (Å²) in [6, 6.07) is 51.3. The van der Waals surface area contributed by atoms with Crippen LogP contribution >= 0.6 is 11.6 Å². The smallest absolute Gasteiger partial charge is 0.411 e. The third-order valence-corrected chi connectivity index (χ3v) is 16.5. The Morgan fingerprint density at radius 2 is 1.01 bits per heavy atom. The molecule has 6 aromatic carbocycles. The number of aromatic nitrogens is 4. The quantitative estimate of drug-likeness (QED) is 0.0491. The highest BCUT2D eigenvalue weighted by molar-refractivity contribution is 6.29. The molecule has 0 saturated carbocycles. The zero-order valence-electron chi connectivity index (χ0n) is 54.3. The van der Waals surface area contributed by atoms with Gasteiger partial charge in [-0.2, -0.15) is 0 Å². The number of halogens is 1. The average molecular weight is 1330 g/mol. The number of nitrogens with zero attached hydrogens (tertiary/aromatic N) is 8. The lowest BCUT2D eigenvalue weighted by atomic mass is 9.94. The average Bonchev–Trinajstić information content (AvgIpc) is 0.801. The van der Waals surface area contributed by atoms with Crippen molar-refractivity contribution in [1.82, 2.24) is 19.1 Å². The highest BCUT2D eigenvalue weighted by Gasteiger charge is 2.30. The Hall–Kier alpha value is -11.6. The number of carbonyl (C=O) groups is 4. The van der Waals surface area contributed by atoms with Crippen LogP contribution in [0.4, 0.5) is 60.9 Å². The van der Waals surface area contributed by atoms with Gasteiger partial charge in [0.1, 0.15) is 29.9 Å². The number of nitrogen functional groups attached to an aromatic ring is 1. The number of hydrogen-bond donors (Lipinski definition) is 6. The Labute approximate surface area is 565 Å². The molecule has 0 fully saturated rings. The molecule has 0 aliphatic carbocycles. The van der Waals surface area contributed by atoms with Gasteiger partial charge in [0.15, 0.2) is 0 Å².